The molecule has 1 amide bonds. The molecule has 0 aliphatic heterocycles. The van der Waals surface area contributed by atoms with E-state index in [1.807, 2.05) is 54.6 Å². The fraction of sp³-hybridized carbons (Fsp3) is 0.273. The third-order valence-corrected chi connectivity index (χ3v) is 4.74. The van der Waals surface area contributed by atoms with Crippen LogP contribution in [-0.2, 0) is 4.79 Å². The SMILES string of the molecule is Cc1c(C(=O)NC(C)(C)CCC(=O)O)nnn1-c1ccc(-c2ccccc2)cc1. The maximum absolute atomic E-state index is 12.6. The second-order valence-corrected chi connectivity index (χ2v) is 7.58. The Labute approximate surface area is 169 Å². The number of aromatic nitrogens is 3. The summed E-state index contributed by atoms with van der Waals surface area (Å²) in [4.78, 5) is 23.4. The largest absolute Gasteiger partial charge is 0.481 e. The van der Waals surface area contributed by atoms with Crippen LogP contribution >= 0.6 is 0 Å². The number of nitrogens with one attached hydrogen (secondary N) is 1. The number of hydrogen-bond acceptors (Lipinski definition) is 4. The Hall–Kier alpha value is -3.48. The van der Waals surface area contributed by atoms with E-state index in [-0.39, 0.29) is 18.0 Å². The zero-order valence-corrected chi connectivity index (χ0v) is 16.7. The molecule has 0 unspecified atom stereocenters. The topological polar surface area (TPSA) is 97.1 Å². The summed E-state index contributed by atoms with van der Waals surface area (Å²) in [6.45, 7) is 5.36. The van der Waals surface area contributed by atoms with Gasteiger partial charge in [0.05, 0.1) is 11.4 Å². The van der Waals surface area contributed by atoms with Crippen LogP contribution in [0.25, 0.3) is 16.8 Å². The standard InChI is InChI=1S/C22H24N4O3/c1-15-20(21(29)23-22(2,3)14-13-19(27)28)24-25-26(15)18-11-9-17(10-12-18)16-7-5-4-6-8-16/h4-12H,13-14H2,1-3H3,(H,23,29)(H,27,28). The van der Waals surface area contributed by atoms with E-state index in [9.17, 15) is 9.59 Å². The average Bonchev–Trinajstić information content (AvgIpc) is 3.08. The number of amides is 1. The van der Waals surface area contributed by atoms with Crippen LogP contribution in [0.5, 0.6) is 0 Å². The minimum atomic E-state index is -0.895. The van der Waals surface area contributed by atoms with Gasteiger partial charge < -0.3 is 10.4 Å². The predicted molar refractivity (Wildman–Crippen MR) is 110 cm³/mol. The molecule has 0 aliphatic rings. The van der Waals surface area contributed by atoms with Crippen molar-refractivity contribution in [2.24, 2.45) is 0 Å². The number of carbonyl (C=O) groups is 2. The quantitative estimate of drug-likeness (QED) is 0.640. The Bertz CT molecular complexity index is 1010. The van der Waals surface area contributed by atoms with E-state index in [0.717, 1.165) is 16.8 Å². The number of hydrogen-bond donors (Lipinski definition) is 2. The molecule has 2 aromatic carbocycles. The van der Waals surface area contributed by atoms with E-state index in [1.165, 1.54) is 0 Å². The van der Waals surface area contributed by atoms with Gasteiger partial charge in [0.2, 0.25) is 0 Å². The molecule has 0 bridgehead atoms. The lowest BCUT2D eigenvalue weighted by atomic mass is 9.98. The smallest absolute Gasteiger partial charge is 0.303 e. The molecular weight excluding hydrogens is 368 g/mol. The van der Waals surface area contributed by atoms with E-state index in [2.05, 4.69) is 15.6 Å². The third kappa shape index (κ3) is 4.87. The highest BCUT2D eigenvalue weighted by Crippen LogP contribution is 2.21. The third-order valence-electron chi connectivity index (χ3n) is 4.74. The maximum atomic E-state index is 12.6. The Morgan fingerprint density at radius 2 is 1.66 bits per heavy atom. The molecule has 0 fully saturated rings. The second kappa shape index (κ2) is 8.26. The first-order valence-corrected chi connectivity index (χ1v) is 9.39. The van der Waals surface area contributed by atoms with Crippen molar-refractivity contribution >= 4 is 11.9 Å². The van der Waals surface area contributed by atoms with Crippen LogP contribution in [0.1, 0.15) is 42.9 Å². The Morgan fingerprint density at radius 3 is 2.28 bits per heavy atom. The van der Waals surface area contributed by atoms with Gasteiger partial charge in [-0.1, -0.05) is 47.7 Å². The minimum absolute atomic E-state index is 0.0211. The number of rotatable bonds is 7. The van der Waals surface area contributed by atoms with Crippen LogP contribution in [0.4, 0.5) is 0 Å². The predicted octanol–water partition coefficient (Wildman–Crippen LogP) is 3.62. The molecule has 0 saturated heterocycles. The van der Waals surface area contributed by atoms with Crippen molar-refractivity contribution in [1.29, 1.82) is 0 Å². The normalized spacial score (nSPS) is 11.3. The molecule has 29 heavy (non-hydrogen) atoms. The van der Waals surface area contributed by atoms with Crippen LogP contribution in [0.3, 0.4) is 0 Å². The second-order valence-electron chi connectivity index (χ2n) is 7.58. The first kappa shape index (κ1) is 20.3. The van der Waals surface area contributed by atoms with Crippen LogP contribution in [0, 0.1) is 6.92 Å². The van der Waals surface area contributed by atoms with Gasteiger partial charge in [0.25, 0.3) is 5.91 Å². The van der Waals surface area contributed by atoms with Gasteiger partial charge in [0.1, 0.15) is 0 Å². The highest BCUT2D eigenvalue weighted by atomic mass is 16.4. The molecule has 150 valence electrons. The van der Waals surface area contributed by atoms with E-state index in [4.69, 9.17) is 5.11 Å². The van der Waals surface area contributed by atoms with Gasteiger partial charge in [-0.2, -0.15) is 0 Å². The molecule has 1 heterocycles. The molecule has 7 heteroatoms. The van der Waals surface area contributed by atoms with Gasteiger partial charge in [-0.15, -0.1) is 5.10 Å². The Balaban J connectivity index is 1.77. The van der Waals surface area contributed by atoms with Gasteiger partial charge in [-0.3, -0.25) is 9.59 Å². The summed E-state index contributed by atoms with van der Waals surface area (Å²) in [7, 11) is 0. The molecule has 0 aliphatic carbocycles. The molecule has 0 atom stereocenters. The number of benzene rings is 2. The van der Waals surface area contributed by atoms with Crippen molar-refractivity contribution in [1.82, 2.24) is 20.3 Å². The van der Waals surface area contributed by atoms with Crippen molar-refractivity contribution in [3.8, 4) is 16.8 Å². The lowest BCUT2D eigenvalue weighted by molar-refractivity contribution is -0.137. The van der Waals surface area contributed by atoms with Crippen LogP contribution in [-0.4, -0.2) is 37.5 Å². The maximum Gasteiger partial charge on any atom is 0.303 e. The van der Waals surface area contributed by atoms with Gasteiger partial charge in [0.15, 0.2) is 5.69 Å². The van der Waals surface area contributed by atoms with Gasteiger partial charge in [-0.25, -0.2) is 4.68 Å². The molecular formula is C22H24N4O3. The zero-order chi connectivity index (χ0) is 21.0. The van der Waals surface area contributed by atoms with Crippen LogP contribution < -0.4 is 5.32 Å². The molecule has 0 radical (unpaired) electrons. The molecule has 3 rings (SSSR count). The van der Waals surface area contributed by atoms with E-state index in [0.29, 0.717) is 12.1 Å². The summed E-state index contributed by atoms with van der Waals surface area (Å²) < 4.78 is 1.62. The highest BCUT2D eigenvalue weighted by Gasteiger charge is 2.25. The minimum Gasteiger partial charge on any atom is -0.481 e. The first-order valence-electron chi connectivity index (χ1n) is 9.39. The molecule has 2 N–H and O–H groups in total. The fourth-order valence-electron chi connectivity index (χ4n) is 3.06. The first-order chi connectivity index (χ1) is 13.8. The van der Waals surface area contributed by atoms with Gasteiger partial charge in [0, 0.05) is 12.0 Å². The van der Waals surface area contributed by atoms with E-state index < -0.39 is 11.5 Å². The van der Waals surface area contributed by atoms with Crippen LogP contribution in [0.2, 0.25) is 0 Å². The van der Waals surface area contributed by atoms with E-state index in [1.54, 1.807) is 25.5 Å². The Morgan fingerprint density at radius 1 is 1.03 bits per heavy atom. The summed E-state index contributed by atoms with van der Waals surface area (Å²) in [5.74, 6) is -1.27. The van der Waals surface area contributed by atoms with Crippen LogP contribution in [0.15, 0.2) is 54.6 Å². The molecule has 7 nitrogen and oxygen atoms in total. The molecule has 3 aromatic rings. The van der Waals surface area contributed by atoms with Crippen molar-refractivity contribution in [3.05, 3.63) is 66.0 Å². The van der Waals surface area contributed by atoms with Crippen molar-refractivity contribution in [2.45, 2.75) is 39.2 Å². The number of carboxylic acid groups (broad SMARTS) is 1. The lowest BCUT2D eigenvalue weighted by Crippen LogP contribution is -2.44. The monoisotopic (exact) mass is 392 g/mol. The number of carbonyl (C=O) groups excluding carboxylic acids is 1. The Kier molecular flexibility index (Phi) is 5.77. The zero-order valence-electron chi connectivity index (χ0n) is 16.7. The fourth-order valence-corrected chi connectivity index (χ4v) is 3.06. The van der Waals surface area contributed by atoms with Crippen molar-refractivity contribution in [3.63, 3.8) is 0 Å². The number of carboxylic acids is 1. The van der Waals surface area contributed by atoms with Crippen molar-refractivity contribution in [2.75, 3.05) is 0 Å². The van der Waals surface area contributed by atoms with Crippen molar-refractivity contribution < 1.29 is 14.7 Å². The lowest BCUT2D eigenvalue weighted by Gasteiger charge is -2.25. The number of aliphatic carboxylic acids is 1. The summed E-state index contributed by atoms with van der Waals surface area (Å²) in [6, 6.07) is 17.9. The molecule has 0 saturated carbocycles. The summed E-state index contributed by atoms with van der Waals surface area (Å²) in [5, 5.41) is 19.9. The summed E-state index contributed by atoms with van der Waals surface area (Å²) in [6.07, 6.45) is 0.301. The van der Waals surface area contributed by atoms with E-state index >= 15 is 0 Å². The molecule has 0 spiro atoms. The molecule has 1 aromatic heterocycles. The summed E-state index contributed by atoms with van der Waals surface area (Å²) >= 11 is 0. The van der Waals surface area contributed by atoms with Gasteiger partial charge in [-0.05, 0) is 50.5 Å². The highest BCUT2D eigenvalue weighted by molar-refractivity contribution is 5.93. The number of nitrogens with zero attached hydrogens (tertiary/aromatic N) is 3. The average molecular weight is 392 g/mol. The van der Waals surface area contributed by atoms with Gasteiger partial charge >= 0.3 is 5.97 Å². The summed E-state index contributed by atoms with van der Waals surface area (Å²) in [5.41, 5.74) is 3.19.